The number of hydrogen-bond acceptors (Lipinski definition) is 4. The van der Waals surface area contributed by atoms with Gasteiger partial charge in [0.15, 0.2) is 5.69 Å². The molecule has 0 saturated heterocycles. The van der Waals surface area contributed by atoms with Crippen LogP contribution in [0, 0.1) is 0 Å². The third-order valence-corrected chi connectivity index (χ3v) is 2.99. The second-order valence-electron chi connectivity index (χ2n) is 4.00. The number of pyridine rings is 1. The van der Waals surface area contributed by atoms with Gasteiger partial charge in [-0.2, -0.15) is 0 Å². The van der Waals surface area contributed by atoms with Gasteiger partial charge in [-0.25, -0.2) is 9.78 Å². The summed E-state index contributed by atoms with van der Waals surface area (Å²) in [7, 11) is 0. The summed E-state index contributed by atoms with van der Waals surface area (Å²) in [6, 6.07) is 7.46. The van der Waals surface area contributed by atoms with Crippen LogP contribution in [0.4, 0.5) is 5.82 Å². The number of hydrogen-bond donors (Lipinski definition) is 3. The molecule has 1 heterocycles. The Balaban J connectivity index is 2.66. The lowest BCUT2D eigenvalue weighted by atomic mass is 10.0. The van der Waals surface area contributed by atoms with Crippen LogP contribution in [0.3, 0.4) is 0 Å². The highest BCUT2D eigenvalue weighted by atomic mass is 35.5. The minimum Gasteiger partial charge on any atom is -0.476 e. The van der Waals surface area contributed by atoms with E-state index in [2.05, 4.69) is 4.98 Å². The van der Waals surface area contributed by atoms with Gasteiger partial charge in [0.05, 0.1) is 10.6 Å². The fourth-order valence-corrected chi connectivity index (χ4v) is 1.96. The third kappa shape index (κ3) is 2.55. The van der Waals surface area contributed by atoms with Crippen LogP contribution in [0.5, 0.6) is 0 Å². The zero-order valence-electron chi connectivity index (χ0n) is 10.1. The van der Waals surface area contributed by atoms with Gasteiger partial charge in [0, 0.05) is 5.56 Å². The molecule has 0 unspecified atom stereocenters. The van der Waals surface area contributed by atoms with E-state index in [9.17, 15) is 9.59 Å². The van der Waals surface area contributed by atoms with E-state index < -0.39 is 11.9 Å². The van der Waals surface area contributed by atoms with Crippen molar-refractivity contribution in [3.63, 3.8) is 0 Å². The third-order valence-electron chi connectivity index (χ3n) is 2.66. The maximum Gasteiger partial charge on any atom is 0.355 e. The molecule has 1 aromatic heterocycles. The number of nitrogens with zero attached hydrogens (tertiary/aromatic N) is 1. The number of nitrogen functional groups attached to an aromatic ring is 1. The number of nitrogens with two attached hydrogens (primary N) is 2. The number of halogens is 1. The number of carboxylic acid groups (broad SMARTS) is 1. The number of anilines is 1. The fraction of sp³-hybridized carbons (Fsp3) is 0. The Hall–Kier alpha value is -2.60. The Bertz CT molecular complexity index is 716. The molecule has 0 atom stereocenters. The molecule has 1 amide bonds. The monoisotopic (exact) mass is 291 g/mol. The van der Waals surface area contributed by atoms with E-state index in [4.69, 9.17) is 28.2 Å². The molecule has 5 N–H and O–H groups in total. The Morgan fingerprint density at radius 3 is 2.50 bits per heavy atom. The molecule has 0 bridgehead atoms. The number of primary amides is 1. The van der Waals surface area contributed by atoms with Crippen LogP contribution < -0.4 is 11.5 Å². The highest BCUT2D eigenvalue weighted by Gasteiger charge is 2.16. The van der Waals surface area contributed by atoms with Gasteiger partial charge in [-0.15, -0.1) is 0 Å². The van der Waals surface area contributed by atoms with E-state index in [1.54, 1.807) is 6.07 Å². The van der Waals surface area contributed by atoms with Crippen molar-refractivity contribution in [2.75, 3.05) is 5.73 Å². The quantitative estimate of drug-likeness (QED) is 0.796. The second-order valence-corrected chi connectivity index (χ2v) is 4.40. The molecular formula is C13H10ClN3O3. The maximum atomic E-state index is 11.3. The molecule has 0 aliphatic heterocycles. The molecule has 102 valence electrons. The Kier molecular flexibility index (Phi) is 3.58. The average Bonchev–Trinajstić information content (AvgIpc) is 2.39. The van der Waals surface area contributed by atoms with E-state index in [1.807, 2.05) is 0 Å². The summed E-state index contributed by atoms with van der Waals surface area (Å²) < 4.78 is 0. The molecule has 6 nitrogen and oxygen atoms in total. The number of aromatic carboxylic acids is 1. The number of amides is 1. The topological polar surface area (TPSA) is 119 Å². The average molecular weight is 292 g/mol. The van der Waals surface area contributed by atoms with E-state index in [-0.39, 0.29) is 22.1 Å². The predicted molar refractivity (Wildman–Crippen MR) is 74.6 cm³/mol. The van der Waals surface area contributed by atoms with Gasteiger partial charge in [-0.05, 0) is 29.8 Å². The van der Waals surface area contributed by atoms with E-state index >= 15 is 0 Å². The summed E-state index contributed by atoms with van der Waals surface area (Å²) in [5, 5.41) is 9.34. The van der Waals surface area contributed by atoms with Crippen molar-refractivity contribution >= 4 is 29.3 Å². The molecule has 0 fully saturated rings. The summed E-state index contributed by atoms with van der Waals surface area (Å²) in [6.07, 6.45) is 0. The molecule has 2 rings (SSSR count). The van der Waals surface area contributed by atoms with E-state index in [0.717, 1.165) is 0 Å². The molecule has 7 heteroatoms. The maximum absolute atomic E-state index is 11.3. The summed E-state index contributed by atoms with van der Waals surface area (Å²) in [5.74, 6) is -1.82. The first-order chi connectivity index (χ1) is 9.40. The molecule has 0 radical (unpaired) electrons. The molecule has 20 heavy (non-hydrogen) atoms. The van der Waals surface area contributed by atoms with Crippen LogP contribution in [-0.4, -0.2) is 22.0 Å². The second kappa shape index (κ2) is 5.18. The lowest BCUT2D eigenvalue weighted by molar-refractivity contribution is 0.0691. The lowest BCUT2D eigenvalue weighted by Crippen LogP contribution is -2.12. The van der Waals surface area contributed by atoms with Crippen molar-refractivity contribution in [3.05, 3.63) is 46.6 Å². The first-order valence-electron chi connectivity index (χ1n) is 5.49. The van der Waals surface area contributed by atoms with E-state index in [0.29, 0.717) is 11.1 Å². The zero-order chi connectivity index (χ0) is 14.9. The summed E-state index contributed by atoms with van der Waals surface area (Å²) in [5.41, 5.74) is 11.4. The van der Waals surface area contributed by atoms with Gasteiger partial charge < -0.3 is 16.6 Å². The van der Waals surface area contributed by atoms with Gasteiger partial charge in [0.25, 0.3) is 0 Å². The first-order valence-corrected chi connectivity index (χ1v) is 5.87. The van der Waals surface area contributed by atoms with Gasteiger partial charge in [-0.1, -0.05) is 17.7 Å². The number of aromatic nitrogens is 1. The highest BCUT2D eigenvalue weighted by Crippen LogP contribution is 2.27. The van der Waals surface area contributed by atoms with Crippen molar-refractivity contribution < 1.29 is 14.7 Å². The summed E-state index contributed by atoms with van der Waals surface area (Å²) >= 11 is 5.85. The van der Waals surface area contributed by atoms with Crippen LogP contribution in [0.1, 0.15) is 20.8 Å². The number of benzene rings is 1. The normalized spacial score (nSPS) is 10.2. The fourth-order valence-electron chi connectivity index (χ4n) is 1.75. The van der Waals surface area contributed by atoms with Gasteiger partial charge in [0.2, 0.25) is 5.91 Å². The van der Waals surface area contributed by atoms with E-state index in [1.165, 1.54) is 24.3 Å². The van der Waals surface area contributed by atoms with Crippen molar-refractivity contribution in [1.82, 2.24) is 4.98 Å². The number of rotatable bonds is 3. The lowest BCUT2D eigenvalue weighted by Gasteiger charge is -2.08. The van der Waals surface area contributed by atoms with Crippen molar-refractivity contribution in [2.45, 2.75) is 0 Å². The SMILES string of the molecule is NC(=O)c1cc(-c2ccc(N)nc2C(=O)O)ccc1Cl. The Labute approximate surface area is 119 Å². The molecule has 0 aliphatic rings. The predicted octanol–water partition coefficient (Wildman–Crippen LogP) is 1.78. The smallest absolute Gasteiger partial charge is 0.355 e. The van der Waals surface area contributed by atoms with Gasteiger partial charge >= 0.3 is 5.97 Å². The van der Waals surface area contributed by atoms with Crippen LogP contribution >= 0.6 is 11.6 Å². The number of carboxylic acids is 1. The molecule has 2 aromatic rings. The van der Waals surface area contributed by atoms with Crippen LogP contribution in [0.15, 0.2) is 30.3 Å². The van der Waals surface area contributed by atoms with Crippen LogP contribution in [0.25, 0.3) is 11.1 Å². The summed E-state index contributed by atoms with van der Waals surface area (Å²) in [4.78, 5) is 26.2. The van der Waals surface area contributed by atoms with Gasteiger partial charge in [-0.3, -0.25) is 4.79 Å². The molecular weight excluding hydrogens is 282 g/mol. The molecule has 0 aliphatic carbocycles. The largest absolute Gasteiger partial charge is 0.476 e. The van der Waals surface area contributed by atoms with Crippen molar-refractivity contribution in [1.29, 1.82) is 0 Å². The molecule has 1 aromatic carbocycles. The van der Waals surface area contributed by atoms with Crippen LogP contribution in [-0.2, 0) is 0 Å². The van der Waals surface area contributed by atoms with Crippen molar-refractivity contribution in [3.8, 4) is 11.1 Å². The van der Waals surface area contributed by atoms with Crippen molar-refractivity contribution in [2.24, 2.45) is 5.73 Å². The Morgan fingerprint density at radius 1 is 1.20 bits per heavy atom. The minimum atomic E-state index is -1.22. The molecule has 0 spiro atoms. The standard InChI is InChI=1S/C13H10ClN3O3/c14-9-3-1-6(5-8(9)12(16)18)7-2-4-10(15)17-11(7)13(19)20/h1-5H,(H2,15,17)(H2,16,18)(H,19,20). The zero-order valence-corrected chi connectivity index (χ0v) is 10.9. The minimum absolute atomic E-state index is 0.0928. The Morgan fingerprint density at radius 2 is 1.90 bits per heavy atom. The first kappa shape index (κ1) is 13.8. The van der Waals surface area contributed by atoms with Crippen LogP contribution in [0.2, 0.25) is 5.02 Å². The number of carbonyl (C=O) groups excluding carboxylic acids is 1. The number of carbonyl (C=O) groups is 2. The summed E-state index contributed by atoms with van der Waals surface area (Å²) in [6.45, 7) is 0. The highest BCUT2D eigenvalue weighted by molar-refractivity contribution is 6.33. The molecule has 0 saturated carbocycles. The van der Waals surface area contributed by atoms with Gasteiger partial charge in [0.1, 0.15) is 5.82 Å².